The van der Waals surface area contributed by atoms with Gasteiger partial charge in [0.25, 0.3) is 0 Å². The standard InChI is InChI=1S/C12H19ClN2O3S/c1-3-10(8-18-2)15-19(16,17)11-5-4-9(7-14)12(13)6-11/h4-6,10,15H,3,7-8,14H2,1-2H3. The molecule has 1 rings (SSSR count). The van der Waals surface area contributed by atoms with Gasteiger partial charge in [-0.15, -0.1) is 0 Å². The van der Waals surface area contributed by atoms with E-state index in [0.29, 0.717) is 23.6 Å². The second-order valence-corrected chi connectivity index (χ2v) is 6.26. The molecular weight excluding hydrogens is 288 g/mol. The molecule has 108 valence electrons. The van der Waals surface area contributed by atoms with Crippen LogP contribution in [0.15, 0.2) is 23.1 Å². The summed E-state index contributed by atoms with van der Waals surface area (Å²) in [7, 11) is -2.06. The van der Waals surface area contributed by atoms with Crippen LogP contribution in [0.5, 0.6) is 0 Å². The average Bonchev–Trinajstić information content (AvgIpc) is 2.37. The van der Waals surface area contributed by atoms with Crippen molar-refractivity contribution in [3.63, 3.8) is 0 Å². The monoisotopic (exact) mass is 306 g/mol. The molecule has 1 aromatic carbocycles. The van der Waals surface area contributed by atoms with Crippen molar-refractivity contribution in [1.82, 2.24) is 4.72 Å². The van der Waals surface area contributed by atoms with Crippen molar-refractivity contribution in [1.29, 1.82) is 0 Å². The summed E-state index contributed by atoms with van der Waals surface area (Å²) in [6.45, 7) is 2.48. The summed E-state index contributed by atoms with van der Waals surface area (Å²) in [6.07, 6.45) is 0.641. The molecule has 0 aliphatic heterocycles. The zero-order chi connectivity index (χ0) is 14.5. The molecule has 0 radical (unpaired) electrons. The number of nitrogens with one attached hydrogen (secondary N) is 1. The van der Waals surface area contributed by atoms with Crippen LogP contribution in [0.3, 0.4) is 0 Å². The van der Waals surface area contributed by atoms with Crippen LogP contribution in [-0.2, 0) is 21.3 Å². The van der Waals surface area contributed by atoms with E-state index in [1.165, 1.54) is 19.2 Å². The lowest BCUT2D eigenvalue weighted by Gasteiger charge is -2.16. The van der Waals surface area contributed by atoms with Crippen LogP contribution in [0.25, 0.3) is 0 Å². The highest BCUT2D eigenvalue weighted by Crippen LogP contribution is 2.20. The molecule has 0 spiro atoms. The van der Waals surface area contributed by atoms with Crippen molar-refractivity contribution in [2.75, 3.05) is 13.7 Å². The van der Waals surface area contributed by atoms with Crippen LogP contribution < -0.4 is 10.5 Å². The first-order valence-corrected chi connectivity index (χ1v) is 7.80. The summed E-state index contributed by atoms with van der Waals surface area (Å²) in [5.41, 5.74) is 6.20. The minimum absolute atomic E-state index is 0.129. The molecular formula is C12H19ClN2O3S. The van der Waals surface area contributed by atoms with Gasteiger partial charge in [-0.1, -0.05) is 24.6 Å². The van der Waals surface area contributed by atoms with Gasteiger partial charge in [-0.25, -0.2) is 13.1 Å². The van der Waals surface area contributed by atoms with E-state index in [1.54, 1.807) is 6.07 Å². The molecule has 19 heavy (non-hydrogen) atoms. The molecule has 0 aliphatic carbocycles. The van der Waals surface area contributed by atoms with Gasteiger partial charge in [0, 0.05) is 24.7 Å². The Hall–Kier alpha value is -0.660. The zero-order valence-corrected chi connectivity index (χ0v) is 12.6. The molecule has 0 saturated heterocycles. The van der Waals surface area contributed by atoms with Crippen LogP contribution in [0.1, 0.15) is 18.9 Å². The molecule has 0 aliphatic rings. The van der Waals surface area contributed by atoms with Gasteiger partial charge in [-0.2, -0.15) is 0 Å². The summed E-state index contributed by atoms with van der Waals surface area (Å²) >= 11 is 5.97. The molecule has 0 amide bonds. The van der Waals surface area contributed by atoms with Gasteiger partial charge in [0.2, 0.25) is 10.0 Å². The fourth-order valence-electron chi connectivity index (χ4n) is 1.58. The predicted octanol–water partition coefficient (Wildman–Crippen LogP) is 1.50. The molecule has 0 bridgehead atoms. The first-order chi connectivity index (χ1) is 8.94. The van der Waals surface area contributed by atoms with E-state index < -0.39 is 10.0 Å². The Kier molecular flexibility index (Phi) is 6.22. The molecule has 7 heteroatoms. The van der Waals surface area contributed by atoms with Gasteiger partial charge >= 0.3 is 0 Å². The number of benzene rings is 1. The average molecular weight is 307 g/mol. The lowest BCUT2D eigenvalue weighted by Crippen LogP contribution is -2.37. The van der Waals surface area contributed by atoms with Gasteiger partial charge in [0.15, 0.2) is 0 Å². The van der Waals surface area contributed by atoms with E-state index in [4.69, 9.17) is 22.1 Å². The van der Waals surface area contributed by atoms with Crippen molar-refractivity contribution in [2.24, 2.45) is 5.73 Å². The van der Waals surface area contributed by atoms with Gasteiger partial charge < -0.3 is 10.5 Å². The highest BCUT2D eigenvalue weighted by Gasteiger charge is 2.19. The number of hydrogen-bond acceptors (Lipinski definition) is 4. The van der Waals surface area contributed by atoms with Crippen LogP contribution in [-0.4, -0.2) is 28.2 Å². The first-order valence-electron chi connectivity index (χ1n) is 5.94. The zero-order valence-electron chi connectivity index (χ0n) is 11.0. The Morgan fingerprint density at radius 1 is 1.47 bits per heavy atom. The summed E-state index contributed by atoms with van der Waals surface area (Å²) in [5, 5.41) is 0.352. The van der Waals surface area contributed by atoms with E-state index >= 15 is 0 Å². The molecule has 0 fully saturated rings. The molecule has 3 N–H and O–H groups in total. The molecule has 1 atom stereocenters. The predicted molar refractivity (Wildman–Crippen MR) is 75.6 cm³/mol. The Balaban J connectivity index is 2.96. The fraction of sp³-hybridized carbons (Fsp3) is 0.500. The Bertz CT molecular complexity index is 520. The number of rotatable bonds is 7. The van der Waals surface area contributed by atoms with E-state index in [1.807, 2.05) is 6.92 Å². The maximum absolute atomic E-state index is 12.2. The van der Waals surface area contributed by atoms with Crippen molar-refractivity contribution in [3.05, 3.63) is 28.8 Å². The first kappa shape index (κ1) is 16.4. The second kappa shape index (κ2) is 7.21. The van der Waals surface area contributed by atoms with Crippen LogP contribution in [0.2, 0.25) is 5.02 Å². The lowest BCUT2D eigenvalue weighted by molar-refractivity contribution is 0.173. The fourth-order valence-corrected chi connectivity index (χ4v) is 3.24. The van der Waals surface area contributed by atoms with E-state index in [-0.39, 0.29) is 17.5 Å². The number of halogens is 1. The van der Waals surface area contributed by atoms with Crippen molar-refractivity contribution < 1.29 is 13.2 Å². The van der Waals surface area contributed by atoms with E-state index in [0.717, 1.165) is 0 Å². The van der Waals surface area contributed by atoms with Crippen molar-refractivity contribution in [2.45, 2.75) is 30.8 Å². The molecule has 0 heterocycles. The van der Waals surface area contributed by atoms with Crippen LogP contribution >= 0.6 is 11.6 Å². The summed E-state index contributed by atoms with van der Waals surface area (Å²) < 4.78 is 31.9. The maximum atomic E-state index is 12.2. The number of ether oxygens (including phenoxy) is 1. The summed E-state index contributed by atoms with van der Waals surface area (Å²) in [4.78, 5) is 0.129. The molecule has 0 aromatic heterocycles. The normalized spacial score (nSPS) is 13.5. The number of sulfonamides is 1. The van der Waals surface area contributed by atoms with E-state index in [2.05, 4.69) is 4.72 Å². The SMILES string of the molecule is CCC(COC)NS(=O)(=O)c1ccc(CN)c(Cl)c1. The largest absolute Gasteiger partial charge is 0.383 e. The Morgan fingerprint density at radius 3 is 2.63 bits per heavy atom. The third-order valence-corrected chi connectivity index (χ3v) is 4.61. The van der Waals surface area contributed by atoms with Gasteiger partial charge in [0.05, 0.1) is 11.5 Å². The molecule has 1 aromatic rings. The van der Waals surface area contributed by atoms with Gasteiger partial charge in [-0.3, -0.25) is 0 Å². The smallest absolute Gasteiger partial charge is 0.240 e. The third-order valence-electron chi connectivity index (χ3n) is 2.74. The highest BCUT2D eigenvalue weighted by atomic mass is 35.5. The second-order valence-electron chi connectivity index (χ2n) is 4.14. The summed E-state index contributed by atoms with van der Waals surface area (Å²) in [5.74, 6) is 0. The third kappa shape index (κ3) is 4.43. The van der Waals surface area contributed by atoms with Crippen LogP contribution in [0.4, 0.5) is 0 Å². The number of hydrogen-bond donors (Lipinski definition) is 2. The minimum atomic E-state index is -3.60. The maximum Gasteiger partial charge on any atom is 0.240 e. The van der Waals surface area contributed by atoms with Crippen molar-refractivity contribution in [3.8, 4) is 0 Å². The minimum Gasteiger partial charge on any atom is -0.383 e. The number of nitrogens with two attached hydrogens (primary N) is 1. The van der Waals surface area contributed by atoms with Gasteiger partial charge in [0.1, 0.15) is 0 Å². The van der Waals surface area contributed by atoms with E-state index in [9.17, 15) is 8.42 Å². The number of methoxy groups -OCH3 is 1. The molecule has 1 unspecified atom stereocenters. The van der Waals surface area contributed by atoms with Crippen molar-refractivity contribution >= 4 is 21.6 Å². The Morgan fingerprint density at radius 2 is 2.16 bits per heavy atom. The molecule has 5 nitrogen and oxygen atoms in total. The highest BCUT2D eigenvalue weighted by molar-refractivity contribution is 7.89. The Labute approximate surface area is 119 Å². The van der Waals surface area contributed by atoms with Crippen LogP contribution in [0, 0.1) is 0 Å². The summed E-state index contributed by atoms with van der Waals surface area (Å²) in [6, 6.07) is 4.26. The topological polar surface area (TPSA) is 81.4 Å². The van der Waals surface area contributed by atoms with Gasteiger partial charge in [-0.05, 0) is 24.1 Å². The quantitative estimate of drug-likeness (QED) is 0.800. The molecule has 0 saturated carbocycles. The lowest BCUT2D eigenvalue weighted by atomic mass is 10.2.